The van der Waals surface area contributed by atoms with E-state index in [2.05, 4.69) is 23.1 Å². The minimum atomic E-state index is -1.25. The number of fused-ring (bicyclic) bond motifs is 3. The molecular weight excluding hydrogens is 408 g/mol. The van der Waals surface area contributed by atoms with Crippen LogP contribution >= 0.6 is 0 Å². The van der Waals surface area contributed by atoms with E-state index in [1.165, 1.54) is 6.08 Å². The van der Waals surface area contributed by atoms with Gasteiger partial charge in [-0.05, 0) is 28.7 Å². The molecule has 0 aromatic heterocycles. The Labute approximate surface area is 186 Å². The average molecular weight is 432 g/mol. The molecule has 32 heavy (non-hydrogen) atoms. The van der Waals surface area contributed by atoms with Gasteiger partial charge in [0, 0.05) is 12.3 Å². The van der Waals surface area contributed by atoms with Crippen LogP contribution in [0.2, 0.25) is 0 Å². The summed E-state index contributed by atoms with van der Waals surface area (Å²) >= 11 is 0. The lowest BCUT2D eigenvalue weighted by Gasteiger charge is -2.20. The molecule has 1 aliphatic rings. The van der Waals surface area contributed by atoms with Crippen LogP contribution in [0.5, 0.6) is 0 Å². The summed E-state index contributed by atoms with van der Waals surface area (Å²) in [7, 11) is 0. The predicted octanol–water partition coefficient (Wildman–Crippen LogP) is 3.06. The number of nitrogens with one attached hydrogen (secondary N) is 2. The number of carboxylic acid groups (broad SMARTS) is 1. The molecular formula is C25H24N2O5. The molecule has 2 atom stereocenters. The fraction of sp³-hybridized carbons (Fsp3) is 0.240. The van der Waals surface area contributed by atoms with Crippen molar-refractivity contribution in [1.29, 1.82) is 0 Å². The Balaban J connectivity index is 1.65. The van der Waals surface area contributed by atoms with Gasteiger partial charge in [0.2, 0.25) is 5.91 Å². The Bertz CT molecular complexity index is 1030. The maximum absolute atomic E-state index is 12.5. The van der Waals surface area contributed by atoms with E-state index in [4.69, 9.17) is 11.2 Å². The second-order valence-electron chi connectivity index (χ2n) is 7.35. The summed E-state index contributed by atoms with van der Waals surface area (Å²) < 4.78 is 5.45. The maximum atomic E-state index is 12.5. The summed E-state index contributed by atoms with van der Waals surface area (Å²) in [4.78, 5) is 36.2. The highest BCUT2D eigenvalue weighted by Gasteiger charge is 2.30. The summed E-state index contributed by atoms with van der Waals surface area (Å²) in [6.45, 7) is 3.67. The van der Waals surface area contributed by atoms with Gasteiger partial charge in [0.25, 0.3) is 0 Å². The van der Waals surface area contributed by atoms with Crippen LogP contribution in [0.15, 0.2) is 61.2 Å². The molecule has 0 saturated carbocycles. The molecule has 164 valence electrons. The van der Waals surface area contributed by atoms with Gasteiger partial charge in [0.05, 0.1) is 0 Å². The van der Waals surface area contributed by atoms with Crippen molar-refractivity contribution in [3.63, 3.8) is 0 Å². The number of benzene rings is 2. The highest BCUT2D eigenvalue weighted by molar-refractivity contribution is 5.89. The number of alkyl carbamates (subject to hydrolysis) is 1. The lowest BCUT2D eigenvalue weighted by Crippen LogP contribution is -2.51. The molecule has 7 nitrogen and oxygen atoms in total. The molecule has 2 aromatic rings. The minimum absolute atomic E-state index is 0.0944. The molecule has 0 radical (unpaired) electrons. The van der Waals surface area contributed by atoms with E-state index in [-0.39, 0.29) is 25.4 Å². The molecule has 3 N–H and O–H groups in total. The van der Waals surface area contributed by atoms with Gasteiger partial charge in [-0.15, -0.1) is 18.9 Å². The number of carboxylic acids is 1. The summed E-state index contributed by atoms with van der Waals surface area (Å²) in [6, 6.07) is 13.6. The Kier molecular flexibility index (Phi) is 7.29. The minimum Gasteiger partial charge on any atom is -0.480 e. The molecule has 0 fully saturated rings. The van der Waals surface area contributed by atoms with Gasteiger partial charge in [-0.25, -0.2) is 9.59 Å². The van der Waals surface area contributed by atoms with E-state index in [0.29, 0.717) is 0 Å². The zero-order chi connectivity index (χ0) is 23.1. The molecule has 0 saturated heterocycles. The van der Waals surface area contributed by atoms with Crippen molar-refractivity contribution < 1.29 is 24.2 Å². The van der Waals surface area contributed by atoms with Crippen LogP contribution in [0.25, 0.3) is 11.1 Å². The number of terminal acetylenes is 1. The summed E-state index contributed by atoms with van der Waals surface area (Å²) in [5.41, 5.74) is 4.35. The Morgan fingerprint density at radius 3 is 2.19 bits per heavy atom. The summed E-state index contributed by atoms with van der Waals surface area (Å²) in [5.74, 6) is 0.153. The number of hydrogen-bond acceptors (Lipinski definition) is 4. The molecule has 2 amide bonds. The smallest absolute Gasteiger partial charge is 0.407 e. The fourth-order valence-electron chi connectivity index (χ4n) is 3.77. The van der Waals surface area contributed by atoms with E-state index in [0.717, 1.165) is 22.3 Å². The van der Waals surface area contributed by atoms with Crippen molar-refractivity contribution in [2.24, 2.45) is 0 Å². The van der Waals surface area contributed by atoms with Crippen LogP contribution in [0, 0.1) is 12.3 Å². The topological polar surface area (TPSA) is 105 Å². The molecule has 0 bridgehead atoms. The first-order valence-corrected chi connectivity index (χ1v) is 10.1. The molecule has 7 heteroatoms. The molecule has 0 heterocycles. The van der Waals surface area contributed by atoms with Gasteiger partial charge >= 0.3 is 12.1 Å². The predicted molar refractivity (Wildman–Crippen MR) is 120 cm³/mol. The fourth-order valence-corrected chi connectivity index (χ4v) is 3.77. The van der Waals surface area contributed by atoms with Gasteiger partial charge in [-0.3, -0.25) is 4.79 Å². The van der Waals surface area contributed by atoms with Crippen molar-refractivity contribution in [1.82, 2.24) is 10.6 Å². The van der Waals surface area contributed by atoms with Gasteiger partial charge in [0.15, 0.2) is 0 Å². The lowest BCUT2D eigenvalue weighted by molar-refractivity contribution is -0.141. The Morgan fingerprint density at radius 1 is 1.06 bits per heavy atom. The highest BCUT2D eigenvalue weighted by atomic mass is 16.5. The zero-order valence-corrected chi connectivity index (χ0v) is 17.4. The highest BCUT2D eigenvalue weighted by Crippen LogP contribution is 2.44. The van der Waals surface area contributed by atoms with Crippen LogP contribution < -0.4 is 10.6 Å². The van der Waals surface area contributed by atoms with Gasteiger partial charge < -0.3 is 20.5 Å². The quantitative estimate of drug-likeness (QED) is 0.417. The Hall–Kier alpha value is -4.05. The second kappa shape index (κ2) is 10.3. The first-order chi connectivity index (χ1) is 15.5. The molecule has 0 aliphatic heterocycles. The van der Waals surface area contributed by atoms with E-state index < -0.39 is 30.1 Å². The third kappa shape index (κ3) is 4.98. The van der Waals surface area contributed by atoms with E-state index in [9.17, 15) is 19.5 Å². The van der Waals surface area contributed by atoms with Crippen molar-refractivity contribution in [2.75, 3.05) is 6.61 Å². The molecule has 3 rings (SSSR count). The lowest BCUT2D eigenvalue weighted by atomic mass is 9.98. The molecule has 1 aliphatic carbocycles. The van der Waals surface area contributed by atoms with E-state index >= 15 is 0 Å². The average Bonchev–Trinajstić information content (AvgIpc) is 3.10. The number of aliphatic carboxylic acids is 1. The van der Waals surface area contributed by atoms with Gasteiger partial charge in [0.1, 0.15) is 18.7 Å². The molecule has 2 unspecified atom stereocenters. The van der Waals surface area contributed by atoms with Crippen LogP contribution in [-0.4, -0.2) is 41.8 Å². The zero-order valence-electron chi connectivity index (χ0n) is 17.4. The van der Waals surface area contributed by atoms with Crippen molar-refractivity contribution in [2.45, 2.75) is 30.8 Å². The molecule has 2 aromatic carbocycles. The SMILES string of the molecule is C#CCC(NC(=O)C(CC=C)NC(=O)OCC1c2ccccc2-c2ccccc21)C(=O)O. The van der Waals surface area contributed by atoms with E-state index in [1.54, 1.807) is 0 Å². The normalized spacial score (nSPS) is 13.6. The number of ether oxygens (including phenoxy) is 1. The van der Waals surface area contributed by atoms with Gasteiger partial charge in [-0.1, -0.05) is 54.6 Å². The third-order valence-corrected chi connectivity index (χ3v) is 5.29. The largest absolute Gasteiger partial charge is 0.480 e. The van der Waals surface area contributed by atoms with Crippen molar-refractivity contribution in [3.8, 4) is 23.5 Å². The third-order valence-electron chi connectivity index (χ3n) is 5.29. The van der Waals surface area contributed by atoms with Crippen LogP contribution in [-0.2, 0) is 14.3 Å². The maximum Gasteiger partial charge on any atom is 0.407 e. The second-order valence-corrected chi connectivity index (χ2v) is 7.35. The summed E-state index contributed by atoms with van der Waals surface area (Å²) in [5, 5.41) is 14.0. The van der Waals surface area contributed by atoms with E-state index in [1.807, 2.05) is 48.5 Å². The number of rotatable bonds is 9. The first kappa shape index (κ1) is 22.6. The number of carbonyl (C=O) groups excluding carboxylic acids is 2. The number of carbonyl (C=O) groups is 3. The van der Waals surface area contributed by atoms with Crippen LogP contribution in [0.1, 0.15) is 29.9 Å². The number of hydrogen-bond donors (Lipinski definition) is 3. The first-order valence-electron chi connectivity index (χ1n) is 10.1. The summed E-state index contributed by atoms with van der Waals surface area (Å²) in [6.07, 6.45) is 5.75. The number of amides is 2. The monoisotopic (exact) mass is 432 g/mol. The molecule has 0 spiro atoms. The Morgan fingerprint density at radius 2 is 1.66 bits per heavy atom. The van der Waals surface area contributed by atoms with Crippen LogP contribution in [0.3, 0.4) is 0 Å². The van der Waals surface area contributed by atoms with Crippen molar-refractivity contribution in [3.05, 3.63) is 72.3 Å². The van der Waals surface area contributed by atoms with Gasteiger partial charge in [-0.2, -0.15) is 0 Å². The van der Waals surface area contributed by atoms with Crippen LogP contribution in [0.4, 0.5) is 4.79 Å². The van der Waals surface area contributed by atoms with Crippen molar-refractivity contribution >= 4 is 18.0 Å². The standard InChI is InChI=1S/C25H24N2O5/c1-3-9-21(23(28)26-22(10-4-2)24(29)30)27-25(31)32-15-20-18-13-7-5-11-16(18)17-12-6-8-14-19(17)20/h2-3,5-8,11-14,20-22H,1,9-10,15H2,(H,26,28)(H,27,31)(H,29,30).